The predicted octanol–water partition coefficient (Wildman–Crippen LogP) is 2.94. The van der Waals surface area contributed by atoms with Crippen LogP contribution in [-0.4, -0.2) is 20.9 Å². The number of carbonyl (C=O) groups is 1. The van der Waals surface area contributed by atoms with Gasteiger partial charge in [0.2, 0.25) is 0 Å². The van der Waals surface area contributed by atoms with E-state index in [0.29, 0.717) is 12.5 Å². The van der Waals surface area contributed by atoms with Gasteiger partial charge in [0.15, 0.2) is 0 Å². The van der Waals surface area contributed by atoms with E-state index in [1.807, 2.05) is 0 Å². The van der Waals surface area contributed by atoms with Crippen molar-refractivity contribution in [3.63, 3.8) is 0 Å². The first-order valence-corrected chi connectivity index (χ1v) is 8.69. The van der Waals surface area contributed by atoms with Crippen LogP contribution in [0.4, 0.5) is 4.39 Å². The van der Waals surface area contributed by atoms with Gasteiger partial charge in [0, 0.05) is 17.2 Å². The zero-order chi connectivity index (χ0) is 14.9. The van der Waals surface area contributed by atoms with Crippen molar-refractivity contribution in [3.05, 3.63) is 28.5 Å². The Labute approximate surface area is 125 Å². The SMILES string of the molecule is O=C(NCCC1CC1)c1cc(S(=O)(=O)Cl)c(F)cc1Cl. The van der Waals surface area contributed by atoms with Crippen LogP contribution in [0.15, 0.2) is 17.0 Å². The number of hydrogen-bond donors (Lipinski definition) is 1. The van der Waals surface area contributed by atoms with Crippen molar-refractivity contribution in [1.29, 1.82) is 0 Å². The Morgan fingerprint density at radius 1 is 1.40 bits per heavy atom. The van der Waals surface area contributed by atoms with Crippen LogP contribution >= 0.6 is 22.3 Å². The number of carbonyl (C=O) groups excluding carboxylic acids is 1. The summed E-state index contributed by atoms with van der Waals surface area (Å²) in [5, 5.41) is 2.47. The fraction of sp³-hybridized carbons (Fsp3) is 0.417. The van der Waals surface area contributed by atoms with Gasteiger partial charge in [0.1, 0.15) is 10.7 Å². The van der Waals surface area contributed by atoms with Crippen LogP contribution in [-0.2, 0) is 9.05 Å². The first kappa shape index (κ1) is 15.5. The van der Waals surface area contributed by atoms with Crippen LogP contribution in [0.5, 0.6) is 0 Å². The van der Waals surface area contributed by atoms with Crippen molar-refractivity contribution in [1.82, 2.24) is 5.32 Å². The Hall–Kier alpha value is -0.850. The zero-order valence-electron chi connectivity index (χ0n) is 10.3. The Bertz CT molecular complexity index is 644. The van der Waals surface area contributed by atoms with Gasteiger partial charge in [-0.2, -0.15) is 0 Å². The van der Waals surface area contributed by atoms with Gasteiger partial charge in [-0.1, -0.05) is 24.4 Å². The molecule has 20 heavy (non-hydrogen) atoms. The molecule has 2 rings (SSSR count). The largest absolute Gasteiger partial charge is 0.352 e. The van der Waals surface area contributed by atoms with Gasteiger partial charge < -0.3 is 5.32 Å². The maximum Gasteiger partial charge on any atom is 0.264 e. The molecule has 0 aliphatic heterocycles. The average Bonchev–Trinajstić information content (AvgIpc) is 3.11. The third-order valence-corrected chi connectivity index (χ3v) is 4.71. The van der Waals surface area contributed by atoms with E-state index in [9.17, 15) is 17.6 Å². The fourth-order valence-corrected chi connectivity index (χ4v) is 2.92. The van der Waals surface area contributed by atoms with E-state index in [-0.39, 0.29) is 10.6 Å². The molecular weight excluding hydrogens is 328 g/mol. The lowest BCUT2D eigenvalue weighted by Crippen LogP contribution is -2.25. The van der Waals surface area contributed by atoms with E-state index in [4.69, 9.17) is 22.3 Å². The highest BCUT2D eigenvalue weighted by Crippen LogP contribution is 2.32. The normalized spacial score (nSPS) is 15.2. The third kappa shape index (κ3) is 3.84. The van der Waals surface area contributed by atoms with Crippen molar-refractivity contribution in [2.24, 2.45) is 5.92 Å². The summed E-state index contributed by atoms with van der Waals surface area (Å²) in [5.74, 6) is -0.977. The minimum Gasteiger partial charge on any atom is -0.352 e. The molecule has 0 radical (unpaired) electrons. The number of nitrogens with one attached hydrogen (secondary N) is 1. The molecule has 0 atom stereocenters. The van der Waals surface area contributed by atoms with E-state index < -0.39 is 25.7 Å². The summed E-state index contributed by atoms with van der Waals surface area (Å²) in [4.78, 5) is 11.1. The van der Waals surface area contributed by atoms with Crippen molar-refractivity contribution in [2.75, 3.05) is 6.54 Å². The first-order valence-electron chi connectivity index (χ1n) is 6.01. The highest BCUT2D eigenvalue weighted by molar-refractivity contribution is 8.13. The molecule has 0 unspecified atom stereocenters. The van der Waals surface area contributed by atoms with Crippen LogP contribution in [0.25, 0.3) is 0 Å². The van der Waals surface area contributed by atoms with Crippen molar-refractivity contribution < 1.29 is 17.6 Å². The number of rotatable bonds is 5. The number of amides is 1. The van der Waals surface area contributed by atoms with Crippen molar-refractivity contribution in [2.45, 2.75) is 24.2 Å². The molecule has 0 bridgehead atoms. The lowest BCUT2D eigenvalue weighted by atomic mass is 10.2. The number of halogens is 3. The van der Waals surface area contributed by atoms with E-state index in [1.54, 1.807) is 0 Å². The lowest BCUT2D eigenvalue weighted by molar-refractivity contribution is 0.0952. The van der Waals surface area contributed by atoms with E-state index in [1.165, 1.54) is 12.8 Å². The second-order valence-corrected chi connectivity index (χ2v) is 7.63. The standard InChI is InChI=1S/C12H12Cl2FNO3S/c13-9-6-10(15)11(20(14,18)19)5-8(9)12(17)16-4-3-7-1-2-7/h5-7H,1-4H2,(H,16,17). The maximum atomic E-state index is 13.5. The van der Waals surface area contributed by atoms with E-state index >= 15 is 0 Å². The Morgan fingerprint density at radius 2 is 2.05 bits per heavy atom. The average molecular weight is 340 g/mol. The predicted molar refractivity (Wildman–Crippen MR) is 74.1 cm³/mol. The molecule has 4 nitrogen and oxygen atoms in total. The van der Waals surface area contributed by atoms with Gasteiger partial charge in [-0.15, -0.1) is 0 Å². The van der Waals surface area contributed by atoms with Gasteiger partial charge in [0.25, 0.3) is 15.0 Å². The van der Waals surface area contributed by atoms with Crippen LogP contribution in [0.3, 0.4) is 0 Å². The molecule has 0 aromatic heterocycles. The van der Waals surface area contributed by atoms with Crippen molar-refractivity contribution >= 4 is 37.2 Å². The van der Waals surface area contributed by atoms with Gasteiger partial charge in [0.05, 0.1) is 10.6 Å². The molecule has 1 amide bonds. The molecule has 0 spiro atoms. The zero-order valence-corrected chi connectivity index (χ0v) is 12.7. The van der Waals surface area contributed by atoms with Gasteiger partial charge in [-0.3, -0.25) is 4.79 Å². The Balaban J connectivity index is 2.19. The smallest absolute Gasteiger partial charge is 0.264 e. The van der Waals surface area contributed by atoms with Crippen LogP contribution in [0.2, 0.25) is 5.02 Å². The fourth-order valence-electron chi connectivity index (χ4n) is 1.78. The topological polar surface area (TPSA) is 63.2 Å². The highest BCUT2D eigenvalue weighted by Gasteiger charge is 2.23. The van der Waals surface area contributed by atoms with Crippen molar-refractivity contribution in [3.8, 4) is 0 Å². The van der Waals surface area contributed by atoms with Gasteiger partial charge >= 0.3 is 0 Å². The monoisotopic (exact) mass is 339 g/mol. The van der Waals surface area contributed by atoms with E-state index in [2.05, 4.69) is 5.32 Å². The minimum absolute atomic E-state index is 0.108. The molecule has 0 heterocycles. The minimum atomic E-state index is -4.27. The maximum absolute atomic E-state index is 13.5. The lowest BCUT2D eigenvalue weighted by Gasteiger charge is -2.08. The van der Waals surface area contributed by atoms with Crippen LogP contribution in [0.1, 0.15) is 29.6 Å². The molecule has 1 aliphatic carbocycles. The number of benzene rings is 1. The van der Waals surface area contributed by atoms with Gasteiger partial charge in [-0.05, 0) is 24.5 Å². The molecule has 1 aromatic rings. The summed E-state index contributed by atoms with van der Waals surface area (Å²) in [6, 6.07) is 1.62. The molecule has 1 N–H and O–H groups in total. The van der Waals surface area contributed by atoms with E-state index in [0.717, 1.165) is 18.6 Å². The van der Waals surface area contributed by atoms with Crippen LogP contribution in [0, 0.1) is 11.7 Å². The summed E-state index contributed by atoms with van der Waals surface area (Å²) >= 11 is 5.76. The quantitative estimate of drug-likeness (QED) is 0.839. The molecule has 1 fully saturated rings. The Kier molecular flexibility index (Phi) is 4.56. The first-order chi connectivity index (χ1) is 9.29. The summed E-state index contributed by atoms with van der Waals surface area (Å²) in [6.45, 7) is 0.472. The molecule has 0 saturated heterocycles. The second-order valence-electron chi connectivity index (χ2n) is 4.69. The molecule has 110 valence electrons. The molecule has 8 heteroatoms. The molecule has 1 aromatic carbocycles. The third-order valence-electron chi connectivity index (χ3n) is 3.06. The summed E-state index contributed by atoms with van der Waals surface area (Å²) in [7, 11) is 0.833. The number of hydrogen-bond acceptors (Lipinski definition) is 3. The summed E-state index contributed by atoms with van der Waals surface area (Å²) in [5.41, 5.74) is -0.108. The van der Waals surface area contributed by atoms with Gasteiger partial charge in [-0.25, -0.2) is 12.8 Å². The van der Waals surface area contributed by atoms with Crippen LogP contribution < -0.4 is 5.32 Å². The molecule has 1 aliphatic rings. The molecular formula is C12H12Cl2FNO3S. The molecule has 1 saturated carbocycles. The summed E-state index contributed by atoms with van der Waals surface area (Å²) in [6.07, 6.45) is 3.20. The Morgan fingerprint density at radius 3 is 2.60 bits per heavy atom. The second kappa shape index (κ2) is 5.87. The summed E-state index contributed by atoms with van der Waals surface area (Å²) < 4.78 is 35.9. The highest BCUT2D eigenvalue weighted by atomic mass is 35.7.